The number of nitrogens with zero attached hydrogens (tertiary/aromatic N) is 2. The van der Waals surface area contributed by atoms with Crippen molar-refractivity contribution in [2.24, 2.45) is 5.92 Å². The number of rotatable bonds is 6. The number of piperidine rings is 1. The largest absolute Gasteiger partial charge is 0.416 e. The van der Waals surface area contributed by atoms with Crippen LogP contribution in [-0.2, 0) is 15.8 Å². The third-order valence-electron chi connectivity index (χ3n) is 5.87. The summed E-state index contributed by atoms with van der Waals surface area (Å²) in [4.78, 5) is 36.9. The number of halogens is 3. The number of hydrogen-bond donors (Lipinski definition) is 2. The molecule has 1 heterocycles. The molecule has 0 atom stereocenters. The molecule has 0 saturated carbocycles. The molecule has 1 aliphatic rings. The van der Waals surface area contributed by atoms with Crippen molar-refractivity contribution in [1.29, 1.82) is 0 Å². The van der Waals surface area contributed by atoms with Gasteiger partial charge in [-0.25, -0.2) is 0 Å². The van der Waals surface area contributed by atoms with Gasteiger partial charge in [-0.15, -0.1) is 0 Å². The predicted molar refractivity (Wildman–Crippen MR) is 121 cm³/mol. The van der Waals surface area contributed by atoms with Crippen LogP contribution in [-0.4, -0.2) is 36.4 Å². The van der Waals surface area contributed by atoms with Crippen LogP contribution in [0.5, 0.6) is 0 Å². The molecule has 2 amide bonds. The highest BCUT2D eigenvalue weighted by atomic mass is 19.4. The van der Waals surface area contributed by atoms with Crippen LogP contribution < -0.4 is 15.5 Å². The third kappa shape index (κ3) is 5.83. The Morgan fingerprint density at radius 2 is 1.74 bits per heavy atom. The van der Waals surface area contributed by atoms with Crippen LogP contribution in [0.3, 0.4) is 0 Å². The van der Waals surface area contributed by atoms with Gasteiger partial charge in [-0.05, 0) is 49.9 Å². The topological polar surface area (TPSA) is 105 Å². The number of hydrogen-bond acceptors (Lipinski definition) is 5. The lowest BCUT2D eigenvalue weighted by atomic mass is 9.95. The number of carbonyl (C=O) groups excluding carboxylic acids is 2. The molecule has 34 heavy (non-hydrogen) atoms. The normalized spacial score (nSPS) is 14.6. The van der Waals surface area contributed by atoms with Gasteiger partial charge in [-0.1, -0.05) is 18.2 Å². The van der Waals surface area contributed by atoms with Gasteiger partial charge in [0.1, 0.15) is 5.69 Å². The number of nitro groups is 1. The van der Waals surface area contributed by atoms with Gasteiger partial charge < -0.3 is 15.5 Å². The summed E-state index contributed by atoms with van der Waals surface area (Å²) in [6, 6.07) is 8.07. The molecule has 2 N–H and O–H groups in total. The molecule has 8 nitrogen and oxygen atoms in total. The van der Waals surface area contributed by atoms with Gasteiger partial charge in [0, 0.05) is 30.8 Å². The van der Waals surface area contributed by atoms with Gasteiger partial charge in [-0.2, -0.15) is 13.2 Å². The fourth-order valence-electron chi connectivity index (χ4n) is 4.00. The van der Waals surface area contributed by atoms with Crippen molar-refractivity contribution in [2.75, 3.05) is 29.9 Å². The minimum absolute atomic E-state index is 0.0878. The fourth-order valence-corrected chi connectivity index (χ4v) is 4.00. The van der Waals surface area contributed by atoms with Crippen molar-refractivity contribution in [2.45, 2.75) is 32.9 Å². The molecule has 0 aromatic heterocycles. The maximum Gasteiger partial charge on any atom is 0.416 e. The summed E-state index contributed by atoms with van der Waals surface area (Å²) in [6.45, 7) is 4.07. The van der Waals surface area contributed by atoms with Crippen LogP contribution in [0.15, 0.2) is 36.4 Å². The number of alkyl halides is 3. The lowest BCUT2D eigenvalue weighted by Crippen LogP contribution is -2.42. The Balaban J connectivity index is 1.56. The first-order valence-electron chi connectivity index (χ1n) is 10.7. The second-order valence-corrected chi connectivity index (χ2v) is 8.25. The summed E-state index contributed by atoms with van der Waals surface area (Å²) in [6.07, 6.45) is -3.98. The lowest BCUT2D eigenvalue weighted by molar-refractivity contribution is -0.384. The fraction of sp³-hybridized carbons (Fsp3) is 0.391. The second-order valence-electron chi connectivity index (χ2n) is 8.25. The Morgan fingerprint density at radius 3 is 2.29 bits per heavy atom. The van der Waals surface area contributed by atoms with Crippen molar-refractivity contribution >= 4 is 28.9 Å². The van der Waals surface area contributed by atoms with E-state index in [1.165, 1.54) is 0 Å². The summed E-state index contributed by atoms with van der Waals surface area (Å²) >= 11 is 0. The van der Waals surface area contributed by atoms with Gasteiger partial charge in [0.25, 0.3) is 5.69 Å². The maximum absolute atomic E-state index is 12.9. The Labute approximate surface area is 194 Å². The number of para-hydroxylation sites is 1. The van der Waals surface area contributed by atoms with E-state index in [9.17, 15) is 32.9 Å². The van der Waals surface area contributed by atoms with Crippen LogP contribution in [0.2, 0.25) is 0 Å². The highest BCUT2D eigenvalue weighted by molar-refractivity contribution is 5.96. The Kier molecular flexibility index (Phi) is 7.43. The number of anilines is 2. The molecule has 11 heteroatoms. The molecule has 2 aromatic carbocycles. The molecule has 182 valence electrons. The smallest absolute Gasteiger partial charge is 0.366 e. The van der Waals surface area contributed by atoms with E-state index in [0.717, 1.165) is 23.3 Å². The van der Waals surface area contributed by atoms with Gasteiger partial charge >= 0.3 is 6.18 Å². The number of aryl methyl sites for hydroxylation is 2. The van der Waals surface area contributed by atoms with Crippen molar-refractivity contribution in [3.8, 4) is 0 Å². The number of amides is 2. The lowest BCUT2D eigenvalue weighted by Gasteiger charge is -2.32. The molecule has 0 radical (unpaired) electrons. The van der Waals surface area contributed by atoms with Gasteiger partial charge in [0.05, 0.1) is 17.0 Å². The molecule has 0 spiro atoms. The Hall–Kier alpha value is -3.63. The van der Waals surface area contributed by atoms with Gasteiger partial charge in [0.2, 0.25) is 11.8 Å². The average molecular weight is 478 g/mol. The van der Waals surface area contributed by atoms with Crippen LogP contribution >= 0.6 is 0 Å². The highest BCUT2D eigenvalue weighted by Gasteiger charge is 2.35. The molecule has 3 rings (SSSR count). The number of nitro benzene ring substituents is 1. The molecular weight excluding hydrogens is 453 g/mol. The summed E-state index contributed by atoms with van der Waals surface area (Å²) in [5.41, 5.74) is 0.893. The standard InChI is InChI=1S/C23H25F3N4O4/c1-14-4-3-5-15(2)21(14)28-20(31)13-27-22(32)16-8-10-29(11-9-16)18-7-6-17(23(24,25)26)12-19(18)30(33)34/h3-7,12,16H,8-11,13H2,1-2H3,(H,27,32)(H,28,31). The Bertz CT molecular complexity index is 1080. The first-order chi connectivity index (χ1) is 16.0. The minimum Gasteiger partial charge on any atom is -0.366 e. The molecule has 0 unspecified atom stereocenters. The minimum atomic E-state index is -4.68. The van der Waals surface area contributed by atoms with Crippen LogP contribution in [0.25, 0.3) is 0 Å². The van der Waals surface area contributed by atoms with E-state index in [0.29, 0.717) is 24.6 Å². The van der Waals surface area contributed by atoms with Gasteiger partial charge in [-0.3, -0.25) is 19.7 Å². The van der Waals surface area contributed by atoms with Gasteiger partial charge in [0.15, 0.2) is 0 Å². The summed E-state index contributed by atoms with van der Waals surface area (Å²) in [5, 5.41) is 16.8. The van der Waals surface area contributed by atoms with E-state index in [1.54, 1.807) is 4.90 Å². The summed E-state index contributed by atoms with van der Waals surface area (Å²) in [7, 11) is 0. The quantitative estimate of drug-likeness (QED) is 0.478. The molecule has 1 aliphatic heterocycles. The SMILES string of the molecule is Cc1cccc(C)c1NC(=O)CNC(=O)C1CCN(c2ccc(C(F)(F)F)cc2[N+](=O)[O-])CC1. The Morgan fingerprint density at radius 1 is 1.12 bits per heavy atom. The van der Waals surface area contributed by atoms with Crippen molar-refractivity contribution < 1.29 is 27.7 Å². The van der Waals surface area contributed by atoms with E-state index < -0.39 is 28.3 Å². The first-order valence-corrected chi connectivity index (χ1v) is 10.7. The van der Waals surface area contributed by atoms with Crippen LogP contribution in [0, 0.1) is 29.9 Å². The zero-order valence-corrected chi connectivity index (χ0v) is 18.7. The van der Waals surface area contributed by atoms with E-state index in [4.69, 9.17) is 0 Å². The first kappa shape index (κ1) is 25.0. The maximum atomic E-state index is 12.9. The van der Waals surface area contributed by atoms with E-state index >= 15 is 0 Å². The van der Waals surface area contributed by atoms with Crippen LogP contribution in [0.1, 0.15) is 29.5 Å². The molecule has 1 saturated heterocycles. The summed E-state index contributed by atoms with van der Waals surface area (Å²) in [5.74, 6) is -1.07. The summed E-state index contributed by atoms with van der Waals surface area (Å²) < 4.78 is 38.8. The highest BCUT2D eigenvalue weighted by Crippen LogP contribution is 2.37. The number of nitrogens with one attached hydrogen (secondary N) is 2. The van der Waals surface area contributed by atoms with Crippen molar-refractivity contribution in [3.05, 3.63) is 63.2 Å². The predicted octanol–water partition coefficient (Wildman–Crippen LogP) is 4.20. The molecule has 0 bridgehead atoms. The van der Waals surface area contributed by atoms with Crippen molar-refractivity contribution in [3.63, 3.8) is 0 Å². The van der Waals surface area contributed by atoms with E-state index in [1.807, 2.05) is 32.0 Å². The number of carbonyl (C=O) groups is 2. The van der Waals surface area contributed by atoms with Crippen LogP contribution in [0.4, 0.5) is 30.2 Å². The van der Waals surface area contributed by atoms with E-state index in [2.05, 4.69) is 10.6 Å². The molecule has 1 fully saturated rings. The monoisotopic (exact) mass is 478 g/mol. The zero-order chi connectivity index (χ0) is 25.0. The number of benzene rings is 2. The second kappa shape index (κ2) is 10.1. The average Bonchev–Trinajstić information content (AvgIpc) is 2.79. The van der Waals surface area contributed by atoms with Crippen molar-refractivity contribution in [1.82, 2.24) is 5.32 Å². The molecule has 2 aromatic rings. The molecule has 0 aliphatic carbocycles. The third-order valence-corrected chi connectivity index (χ3v) is 5.87. The molecular formula is C23H25F3N4O4. The van der Waals surface area contributed by atoms with E-state index in [-0.39, 0.29) is 37.1 Å². The zero-order valence-electron chi connectivity index (χ0n) is 18.7.